The molecule has 0 aliphatic carbocycles. The molecule has 1 amide bonds. The van der Waals surface area contributed by atoms with Crippen LogP contribution in [0.15, 0.2) is 42.7 Å². The van der Waals surface area contributed by atoms with Gasteiger partial charge in [0, 0.05) is 37.8 Å². The standard InChI is InChI=1S/C18H22N4O2/c23-17(19-9-8-14-5-4-10-24-13-14)15-11-20-18(21-12-15)22-16-6-2-1-3-7-16/h1-3,6-7,11-12,14H,4-5,8-10,13H2,(H,19,23)(H,20,21,22). The average Bonchev–Trinajstić information content (AvgIpc) is 2.64. The van der Waals surface area contributed by atoms with Crippen molar-refractivity contribution in [2.75, 3.05) is 25.1 Å². The van der Waals surface area contributed by atoms with Gasteiger partial charge in [0.25, 0.3) is 5.91 Å². The summed E-state index contributed by atoms with van der Waals surface area (Å²) in [5, 5.41) is 6.01. The van der Waals surface area contributed by atoms with Crippen molar-refractivity contribution >= 4 is 17.5 Å². The third-order valence-electron chi connectivity index (χ3n) is 4.04. The second-order valence-electron chi connectivity index (χ2n) is 5.91. The minimum atomic E-state index is -0.141. The highest BCUT2D eigenvalue weighted by atomic mass is 16.5. The van der Waals surface area contributed by atoms with E-state index in [0.29, 0.717) is 24.0 Å². The second kappa shape index (κ2) is 8.40. The lowest BCUT2D eigenvalue weighted by molar-refractivity contribution is 0.0514. The zero-order valence-corrected chi connectivity index (χ0v) is 13.6. The van der Waals surface area contributed by atoms with Crippen LogP contribution < -0.4 is 10.6 Å². The molecule has 1 atom stereocenters. The van der Waals surface area contributed by atoms with E-state index in [4.69, 9.17) is 4.74 Å². The number of hydrogen-bond acceptors (Lipinski definition) is 5. The third-order valence-corrected chi connectivity index (χ3v) is 4.04. The van der Waals surface area contributed by atoms with Crippen molar-refractivity contribution in [1.82, 2.24) is 15.3 Å². The molecule has 1 aromatic heterocycles. The SMILES string of the molecule is O=C(NCCC1CCCOC1)c1cnc(Nc2ccccc2)nc1. The average molecular weight is 326 g/mol. The van der Waals surface area contributed by atoms with Gasteiger partial charge in [-0.3, -0.25) is 4.79 Å². The third kappa shape index (κ3) is 4.76. The number of para-hydroxylation sites is 1. The van der Waals surface area contributed by atoms with Gasteiger partial charge in [0.1, 0.15) is 0 Å². The summed E-state index contributed by atoms with van der Waals surface area (Å²) in [4.78, 5) is 20.5. The molecule has 0 saturated carbocycles. The van der Waals surface area contributed by atoms with Crippen molar-refractivity contribution in [1.29, 1.82) is 0 Å². The smallest absolute Gasteiger partial charge is 0.254 e. The molecule has 1 aliphatic heterocycles. The molecule has 126 valence electrons. The lowest BCUT2D eigenvalue weighted by atomic mass is 9.99. The Labute approximate surface area is 141 Å². The van der Waals surface area contributed by atoms with Crippen molar-refractivity contribution in [2.24, 2.45) is 5.92 Å². The van der Waals surface area contributed by atoms with Gasteiger partial charge in [-0.25, -0.2) is 9.97 Å². The van der Waals surface area contributed by atoms with E-state index in [9.17, 15) is 4.79 Å². The molecule has 1 aromatic carbocycles. The maximum Gasteiger partial charge on any atom is 0.254 e. The van der Waals surface area contributed by atoms with Crippen LogP contribution in [0, 0.1) is 5.92 Å². The fourth-order valence-corrected chi connectivity index (χ4v) is 2.69. The number of hydrogen-bond donors (Lipinski definition) is 2. The molecule has 2 N–H and O–H groups in total. The van der Waals surface area contributed by atoms with Gasteiger partial charge in [0.15, 0.2) is 0 Å². The normalized spacial score (nSPS) is 17.2. The Kier molecular flexibility index (Phi) is 5.74. The number of amides is 1. The molecule has 3 rings (SSSR count). The number of nitrogens with one attached hydrogen (secondary N) is 2. The zero-order valence-electron chi connectivity index (χ0n) is 13.6. The van der Waals surface area contributed by atoms with Gasteiger partial charge in [-0.1, -0.05) is 18.2 Å². The van der Waals surface area contributed by atoms with Gasteiger partial charge < -0.3 is 15.4 Å². The number of carbonyl (C=O) groups excluding carboxylic acids is 1. The van der Waals surface area contributed by atoms with Gasteiger partial charge in [-0.2, -0.15) is 0 Å². The van der Waals surface area contributed by atoms with Crippen molar-refractivity contribution in [2.45, 2.75) is 19.3 Å². The van der Waals surface area contributed by atoms with E-state index < -0.39 is 0 Å². The Balaban J connectivity index is 1.46. The van der Waals surface area contributed by atoms with Crippen LogP contribution in [0.4, 0.5) is 11.6 Å². The topological polar surface area (TPSA) is 76.1 Å². The van der Waals surface area contributed by atoms with E-state index in [-0.39, 0.29) is 5.91 Å². The highest BCUT2D eigenvalue weighted by Crippen LogP contribution is 2.16. The van der Waals surface area contributed by atoms with Crippen LogP contribution in [0.1, 0.15) is 29.6 Å². The molecule has 0 spiro atoms. The van der Waals surface area contributed by atoms with Crippen LogP contribution in [-0.2, 0) is 4.74 Å². The first kappa shape index (κ1) is 16.4. The zero-order chi connectivity index (χ0) is 16.6. The maximum absolute atomic E-state index is 12.1. The predicted molar refractivity (Wildman–Crippen MR) is 92.2 cm³/mol. The molecule has 0 radical (unpaired) electrons. The van der Waals surface area contributed by atoms with Gasteiger partial charge in [0.2, 0.25) is 5.95 Å². The number of aromatic nitrogens is 2. The summed E-state index contributed by atoms with van der Waals surface area (Å²) < 4.78 is 5.45. The van der Waals surface area contributed by atoms with Crippen LogP contribution in [0.5, 0.6) is 0 Å². The highest BCUT2D eigenvalue weighted by Gasteiger charge is 2.14. The van der Waals surface area contributed by atoms with Gasteiger partial charge in [0.05, 0.1) is 5.56 Å². The van der Waals surface area contributed by atoms with Crippen LogP contribution in [0.3, 0.4) is 0 Å². The summed E-state index contributed by atoms with van der Waals surface area (Å²) in [6, 6.07) is 9.67. The molecular weight excluding hydrogens is 304 g/mol. The van der Waals surface area contributed by atoms with Gasteiger partial charge >= 0.3 is 0 Å². The van der Waals surface area contributed by atoms with Crippen LogP contribution >= 0.6 is 0 Å². The number of ether oxygens (including phenoxy) is 1. The van der Waals surface area contributed by atoms with E-state index in [2.05, 4.69) is 20.6 Å². The molecular formula is C18H22N4O2. The fourth-order valence-electron chi connectivity index (χ4n) is 2.69. The van der Waals surface area contributed by atoms with Crippen molar-refractivity contribution in [3.8, 4) is 0 Å². The Bertz CT molecular complexity index is 640. The first-order valence-electron chi connectivity index (χ1n) is 8.31. The number of nitrogens with zero attached hydrogens (tertiary/aromatic N) is 2. The predicted octanol–water partition coefficient (Wildman–Crippen LogP) is 2.77. The molecule has 1 aliphatic rings. The van der Waals surface area contributed by atoms with Crippen LogP contribution in [-0.4, -0.2) is 35.6 Å². The highest BCUT2D eigenvalue weighted by molar-refractivity contribution is 5.93. The Morgan fingerprint density at radius 2 is 2.00 bits per heavy atom. The fraction of sp³-hybridized carbons (Fsp3) is 0.389. The Morgan fingerprint density at radius 3 is 2.71 bits per heavy atom. The van der Waals surface area contributed by atoms with E-state index >= 15 is 0 Å². The van der Waals surface area contributed by atoms with Gasteiger partial charge in [-0.05, 0) is 37.3 Å². The molecule has 2 heterocycles. The molecule has 1 fully saturated rings. The first-order chi connectivity index (χ1) is 11.8. The summed E-state index contributed by atoms with van der Waals surface area (Å²) in [6.45, 7) is 2.32. The molecule has 0 bridgehead atoms. The summed E-state index contributed by atoms with van der Waals surface area (Å²) in [5.74, 6) is 0.878. The monoisotopic (exact) mass is 326 g/mol. The molecule has 24 heavy (non-hydrogen) atoms. The van der Waals surface area contributed by atoms with Crippen molar-refractivity contribution in [3.05, 3.63) is 48.3 Å². The van der Waals surface area contributed by atoms with E-state index in [1.807, 2.05) is 30.3 Å². The van der Waals surface area contributed by atoms with Crippen LogP contribution in [0.2, 0.25) is 0 Å². The Morgan fingerprint density at radius 1 is 1.21 bits per heavy atom. The molecule has 2 aromatic rings. The quantitative estimate of drug-likeness (QED) is 0.853. The number of anilines is 2. The van der Waals surface area contributed by atoms with Gasteiger partial charge in [-0.15, -0.1) is 0 Å². The molecule has 1 unspecified atom stereocenters. The minimum absolute atomic E-state index is 0.141. The van der Waals surface area contributed by atoms with Crippen molar-refractivity contribution in [3.63, 3.8) is 0 Å². The lowest BCUT2D eigenvalue weighted by Gasteiger charge is -2.21. The number of benzene rings is 1. The molecule has 6 heteroatoms. The number of carbonyl (C=O) groups is 1. The van der Waals surface area contributed by atoms with Crippen LogP contribution in [0.25, 0.3) is 0 Å². The summed E-state index contributed by atoms with van der Waals surface area (Å²) >= 11 is 0. The number of rotatable bonds is 6. The van der Waals surface area contributed by atoms with E-state index in [0.717, 1.165) is 31.7 Å². The molecule has 1 saturated heterocycles. The Hall–Kier alpha value is -2.47. The van der Waals surface area contributed by atoms with Crippen molar-refractivity contribution < 1.29 is 9.53 Å². The first-order valence-corrected chi connectivity index (χ1v) is 8.31. The molecule has 6 nitrogen and oxygen atoms in total. The largest absolute Gasteiger partial charge is 0.381 e. The maximum atomic E-state index is 12.1. The van der Waals surface area contributed by atoms with E-state index in [1.54, 1.807) is 0 Å². The van der Waals surface area contributed by atoms with E-state index in [1.165, 1.54) is 18.8 Å². The lowest BCUT2D eigenvalue weighted by Crippen LogP contribution is -2.28. The summed E-state index contributed by atoms with van der Waals surface area (Å²) in [7, 11) is 0. The minimum Gasteiger partial charge on any atom is -0.381 e. The summed E-state index contributed by atoms with van der Waals surface area (Å²) in [5.41, 5.74) is 1.37. The second-order valence-corrected chi connectivity index (χ2v) is 5.91. The summed E-state index contributed by atoms with van der Waals surface area (Å²) in [6.07, 6.45) is 6.32.